The van der Waals surface area contributed by atoms with Gasteiger partial charge in [0.15, 0.2) is 0 Å². The average molecular weight is 425 g/mol. The second kappa shape index (κ2) is 9.00. The van der Waals surface area contributed by atoms with Gasteiger partial charge in [-0.3, -0.25) is 25.4 Å². The molecule has 7 nitrogen and oxygen atoms in total. The van der Waals surface area contributed by atoms with Gasteiger partial charge in [-0.1, -0.05) is 12.1 Å². The molecule has 30 heavy (non-hydrogen) atoms. The predicted molar refractivity (Wildman–Crippen MR) is 112 cm³/mol. The molecule has 1 fully saturated rings. The van der Waals surface area contributed by atoms with E-state index >= 15 is 0 Å². The Bertz CT molecular complexity index is 1020. The third-order valence-corrected chi connectivity index (χ3v) is 6.13. The molecule has 154 valence electrons. The first kappa shape index (κ1) is 20.0. The molecule has 0 atom stereocenters. The number of carbonyl (C=O) groups excluding carboxylic acids is 2. The molecule has 4 rings (SSSR count). The summed E-state index contributed by atoms with van der Waals surface area (Å²) in [5.41, 5.74) is 5.86. The smallest absolute Gasteiger partial charge is 0.279 e. The summed E-state index contributed by atoms with van der Waals surface area (Å²) in [7, 11) is 0. The van der Waals surface area contributed by atoms with E-state index in [9.17, 15) is 14.0 Å². The van der Waals surface area contributed by atoms with Crippen molar-refractivity contribution in [2.45, 2.75) is 12.8 Å². The summed E-state index contributed by atoms with van der Waals surface area (Å²) in [6.45, 7) is 1.41. The lowest BCUT2D eigenvalue weighted by Crippen LogP contribution is -2.47. The minimum atomic E-state index is -0.376. The zero-order chi connectivity index (χ0) is 20.9. The van der Waals surface area contributed by atoms with Gasteiger partial charge in [0.05, 0.1) is 11.1 Å². The number of nitrogens with zero attached hydrogens (tertiary/aromatic N) is 3. The van der Waals surface area contributed by atoms with Crippen LogP contribution in [0.25, 0.3) is 10.4 Å². The van der Waals surface area contributed by atoms with Crippen LogP contribution in [-0.4, -0.2) is 34.9 Å². The standard InChI is InChI=1S/C21H20FN5O2S/c22-16-3-1-14(2-4-16)17-5-6-18(30-17)21(29)26-25-20(28)15-7-11-27(12-8-15)19-13-23-9-10-24-19/h1-6,9-10,13,15H,7-8,11-12H2,(H,25,28)(H,26,29). The minimum Gasteiger partial charge on any atom is -0.355 e. The molecule has 1 saturated heterocycles. The minimum absolute atomic E-state index is 0.170. The highest BCUT2D eigenvalue weighted by Gasteiger charge is 2.26. The van der Waals surface area contributed by atoms with Crippen molar-refractivity contribution in [3.05, 3.63) is 65.7 Å². The van der Waals surface area contributed by atoms with Crippen LogP contribution in [0.2, 0.25) is 0 Å². The topological polar surface area (TPSA) is 87.2 Å². The second-order valence-electron chi connectivity index (χ2n) is 6.94. The number of nitrogens with one attached hydrogen (secondary N) is 2. The van der Waals surface area contributed by atoms with Crippen LogP contribution in [0.5, 0.6) is 0 Å². The Labute approximate surface area is 176 Å². The normalized spacial score (nSPS) is 14.4. The summed E-state index contributed by atoms with van der Waals surface area (Å²) >= 11 is 1.28. The van der Waals surface area contributed by atoms with Crippen molar-refractivity contribution < 1.29 is 14.0 Å². The van der Waals surface area contributed by atoms with Crippen molar-refractivity contribution in [3.63, 3.8) is 0 Å². The molecule has 1 aliphatic rings. The van der Waals surface area contributed by atoms with Crippen molar-refractivity contribution in [1.29, 1.82) is 0 Å². The number of hydrogen-bond donors (Lipinski definition) is 2. The lowest BCUT2D eigenvalue weighted by atomic mass is 9.96. The lowest BCUT2D eigenvalue weighted by Gasteiger charge is -2.31. The van der Waals surface area contributed by atoms with Gasteiger partial charge in [-0.05, 0) is 42.7 Å². The first-order valence-corrected chi connectivity index (χ1v) is 10.4. The van der Waals surface area contributed by atoms with Crippen LogP contribution in [-0.2, 0) is 4.79 Å². The van der Waals surface area contributed by atoms with Gasteiger partial charge in [-0.15, -0.1) is 11.3 Å². The van der Waals surface area contributed by atoms with E-state index in [4.69, 9.17) is 0 Å². The second-order valence-corrected chi connectivity index (χ2v) is 8.02. The van der Waals surface area contributed by atoms with Crippen LogP contribution < -0.4 is 15.8 Å². The van der Waals surface area contributed by atoms with Gasteiger partial charge >= 0.3 is 0 Å². The van der Waals surface area contributed by atoms with Crippen molar-refractivity contribution in [1.82, 2.24) is 20.8 Å². The Kier molecular flexibility index (Phi) is 5.99. The van der Waals surface area contributed by atoms with Gasteiger partial charge in [0, 0.05) is 36.3 Å². The van der Waals surface area contributed by atoms with E-state index in [0.29, 0.717) is 30.8 Å². The van der Waals surface area contributed by atoms with Crippen molar-refractivity contribution >= 4 is 29.0 Å². The summed E-state index contributed by atoms with van der Waals surface area (Å²) in [5, 5.41) is 0. The fourth-order valence-corrected chi connectivity index (χ4v) is 4.24. The first-order valence-electron chi connectivity index (χ1n) is 9.57. The molecule has 0 radical (unpaired) electrons. The highest BCUT2D eigenvalue weighted by molar-refractivity contribution is 7.17. The van der Waals surface area contributed by atoms with E-state index in [1.54, 1.807) is 42.9 Å². The maximum Gasteiger partial charge on any atom is 0.279 e. The number of piperidine rings is 1. The first-order chi connectivity index (χ1) is 14.6. The molecule has 0 unspecified atom stereocenters. The molecule has 0 saturated carbocycles. The quantitative estimate of drug-likeness (QED) is 0.628. The van der Waals surface area contributed by atoms with E-state index in [1.807, 2.05) is 0 Å². The van der Waals surface area contributed by atoms with Crippen LogP contribution in [0, 0.1) is 11.7 Å². The van der Waals surface area contributed by atoms with Gasteiger partial charge in [-0.2, -0.15) is 0 Å². The Hall–Kier alpha value is -3.33. The number of anilines is 1. The van der Waals surface area contributed by atoms with Gasteiger partial charge in [0.2, 0.25) is 5.91 Å². The Morgan fingerprint density at radius 2 is 1.80 bits per heavy atom. The Morgan fingerprint density at radius 1 is 1.03 bits per heavy atom. The number of amides is 2. The van der Waals surface area contributed by atoms with E-state index in [2.05, 4.69) is 25.7 Å². The van der Waals surface area contributed by atoms with Crippen LogP contribution in [0.4, 0.5) is 10.2 Å². The molecule has 3 aromatic rings. The molecule has 0 spiro atoms. The van der Waals surface area contributed by atoms with E-state index in [1.165, 1.54) is 23.5 Å². The number of aromatic nitrogens is 2. The summed E-state index contributed by atoms with van der Waals surface area (Å²) in [6.07, 6.45) is 6.33. The average Bonchev–Trinajstić information content (AvgIpc) is 3.29. The number of hydrazine groups is 1. The number of hydrogen-bond acceptors (Lipinski definition) is 6. The monoisotopic (exact) mass is 425 g/mol. The van der Waals surface area contributed by atoms with E-state index in [-0.39, 0.29) is 23.5 Å². The van der Waals surface area contributed by atoms with Crippen molar-refractivity contribution in [2.75, 3.05) is 18.0 Å². The molecule has 2 amide bonds. The summed E-state index contributed by atoms with van der Waals surface area (Å²) in [6, 6.07) is 9.58. The van der Waals surface area contributed by atoms with Gasteiger partial charge in [0.25, 0.3) is 5.91 Å². The van der Waals surface area contributed by atoms with Crippen LogP contribution in [0.15, 0.2) is 55.0 Å². The Balaban J connectivity index is 1.27. The molecule has 1 aromatic carbocycles. The van der Waals surface area contributed by atoms with E-state index in [0.717, 1.165) is 16.3 Å². The third kappa shape index (κ3) is 4.62. The fourth-order valence-electron chi connectivity index (χ4n) is 3.34. The SMILES string of the molecule is O=C(NNC(=O)C1CCN(c2cnccn2)CC1)c1ccc(-c2ccc(F)cc2)s1. The molecular formula is C21H20FN5O2S. The number of benzene rings is 1. The molecule has 0 aliphatic carbocycles. The summed E-state index contributed by atoms with van der Waals surface area (Å²) in [4.78, 5) is 36.6. The Morgan fingerprint density at radius 3 is 2.50 bits per heavy atom. The molecule has 0 bridgehead atoms. The number of thiophene rings is 1. The number of rotatable bonds is 4. The maximum absolute atomic E-state index is 13.1. The largest absolute Gasteiger partial charge is 0.355 e. The van der Waals surface area contributed by atoms with Crippen LogP contribution >= 0.6 is 11.3 Å². The predicted octanol–water partition coefficient (Wildman–Crippen LogP) is 3.02. The summed E-state index contributed by atoms with van der Waals surface area (Å²) in [5.74, 6) is -0.245. The van der Waals surface area contributed by atoms with Crippen molar-refractivity contribution in [3.8, 4) is 10.4 Å². The van der Waals surface area contributed by atoms with Gasteiger partial charge in [0.1, 0.15) is 11.6 Å². The third-order valence-electron chi connectivity index (χ3n) is 5.00. The van der Waals surface area contributed by atoms with E-state index < -0.39 is 0 Å². The summed E-state index contributed by atoms with van der Waals surface area (Å²) < 4.78 is 13.1. The number of carbonyl (C=O) groups is 2. The van der Waals surface area contributed by atoms with Gasteiger partial charge < -0.3 is 4.90 Å². The van der Waals surface area contributed by atoms with Crippen LogP contribution in [0.3, 0.4) is 0 Å². The zero-order valence-corrected chi connectivity index (χ0v) is 16.9. The lowest BCUT2D eigenvalue weighted by molar-refractivity contribution is -0.126. The van der Waals surface area contributed by atoms with Crippen LogP contribution in [0.1, 0.15) is 22.5 Å². The molecule has 9 heteroatoms. The zero-order valence-electron chi connectivity index (χ0n) is 16.0. The molecular weight excluding hydrogens is 405 g/mol. The van der Waals surface area contributed by atoms with Crippen molar-refractivity contribution in [2.24, 2.45) is 5.92 Å². The maximum atomic E-state index is 13.1. The molecule has 1 aliphatic heterocycles. The molecule has 2 N–H and O–H groups in total. The number of halogens is 1. The highest BCUT2D eigenvalue weighted by atomic mass is 32.1. The molecule has 2 aromatic heterocycles. The fraction of sp³-hybridized carbons (Fsp3) is 0.238. The van der Waals surface area contributed by atoms with Gasteiger partial charge in [-0.25, -0.2) is 9.37 Å². The highest BCUT2D eigenvalue weighted by Crippen LogP contribution is 2.28. The molecule has 3 heterocycles.